The first-order valence-corrected chi connectivity index (χ1v) is 19.4. The van der Waals surface area contributed by atoms with E-state index in [2.05, 4.69) is 31.9 Å². The Hall–Kier alpha value is -4.82. The number of nitrogens with zero attached hydrogens (tertiary/aromatic N) is 1. The number of carbonyl (C=O) groups is 7. The lowest BCUT2D eigenvalue weighted by molar-refractivity contribution is -0.384. The van der Waals surface area contributed by atoms with Crippen LogP contribution >= 0.6 is 11.8 Å². The quantitative estimate of drug-likeness (QED) is 0.0653. The summed E-state index contributed by atoms with van der Waals surface area (Å²) < 4.78 is 0. The average molecular weight is 794 g/mol. The summed E-state index contributed by atoms with van der Waals surface area (Å²) in [7, 11) is 0. The molecule has 2 rings (SSSR count). The number of amides is 7. The van der Waals surface area contributed by atoms with Gasteiger partial charge >= 0.3 is 0 Å². The molecule has 1 aliphatic heterocycles. The second kappa shape index (κ2) is 23.2. The molecule has 1 saturated heterocycles. The molecule has 7 amide bonds. The van der Waals surface area contributed by atoms with E-state index in [4.69, 9.17) is 11.5 Å². The summed E-state index contributed by atoms with van der Waals surface area (Å²) in [5.41, 5.74) is 11.4. The summed E-state index contributed by atoms with van der Waals surface area (Å²) in [6.45, 7) is 6.25. The molecule has 19 nitrogen and oxygen atoms in total. The molecule has 7 atom stereocenters. The summed E-state index contributed by atoms with van der Waals surface area (Å²) in [5, 5.41) is 36.9. The fourth-order valence-electron chi connectivity index (χ4n) is 5.56. The molecule has 20 heteroatoms. The van der Waals surface area contributed by atoms with Gasteiger partial charge in [0, 0.05) is 30.7 Å². The number of nitrogens with one attached hydrogen (secondary N) is 6. The highest BCUT2D eigenvalue weighted by Crippen LogP contribution is 2.15. The molecule has 306 valence electrons. The SMILES string of the molecule is CC[C@H](NC(=O)C1CSCCCCCC(=O)NC(CCN)C(=O)N1)C(=O)N[C@H](C(=O)N[C@H](C(=O)N[C@@H](Cc1ccc([N+](=O)[O-])cc1)C(N)=O)[C@@H](C)O)C(C)C. The van der Waals surface area contributed by atoms with Crippen LogP contribution in [0.1, 0.15) is 71.8 Å². The zero-order chi connectivity index (χ0) is 41.2. The fraction of sp³-hybridized carbons (Fsp3) is 0.629. The van der Waals surface area contributed by atoms with Crippen molar-refractivity contribution in [1.29, 1.82) is 0 Å². The van der Waals surface area contributed by atoms with Crippen LogP contribution in [0, 0.1) is 16.0 Å². The van der Waals surface area contributed by atoms with Crippen molar-refractivity contribution in [3.63, 3.8) is 0 Å². The molecule has 11 N–H and O–H groups in total. The van der Waals surface area contributed by atoms with E-state index in [9.17, 15) is 48.8 Å². The molecule has 0 spiro atoms. The van der Waals surface area contributed by atoms with Crippen molar-refractivity contribution >= 4 is 58.8 Å². The minimum atomic E-state index is -1.59. The first-order chi connectivity index (χ1) is 26.0. The van der Waals surface area contributed by atoms with E-state index in [-0.39, 0.29) is 49.6 Å². The van der Waals surface area contributed by atoms with Gasteiger partial charge in [0.2, 0.25) is 41.4 Å². The Morgan fingerprint density at radius 2 is 1.56 bits per heavy atom. The van der Waals surface area contributed by atoms with Crippen molar-refractivity contribution in [2.45, 2.75) is 115 Å². The molecule has 1 aromatic rings. The topological polar surface area (TPSA) is 307 Å². The number of nitro benzene ring substituents is 1. The van der Waals surface area contributed by atoms with Crippen molar-refractivity contribution in [2.75, 3.05) is 18.1 Å². The van der Waals surface area contributed by atoms with Crippen molar-refractivity contribution in [3.05, 3.63) is 39.9 Å². The Morgan fingerprint density at radius 1 is 0.927 bits per heavy atom. The predicted octanol–water partition coefficient (Wildman–Crippen LogP) is -1.37. The summed E-state index contributed by atoms with van der Waals surface area (Å²) >= 11 is 1.45. The standard InChI is InChI=1S/C35H55N9O10S/c1-5-23(39-33(50)26-18-55-16-8-6-7-9-27(46)38-24(14-15-36)32(49)41-26)31(48)42-28(19(2)3)34(51)43-29(20(4)45)35(52)40-25(30(37)47)17-21-10-12-22(13-11-21)44(53)54/h10-13,19-20,23-26,28-29,45H,5-9,14-18,36H2,1-4H3,(H2,37,47)(H,38,46)(H,39,50)(H,40,52)(H,41,49)(H,42,48)(H,43,51)/t20-,23+,24?,25+,26?,28+,29+/m1/s1. The third-order valence-electron chi connectivity index (χ3n) is 8.81. The van der Waals surface area contributed by atoms with Crippen LogP contribution in [0.2, 0.25) is 0 Å². The largest absolute Gasteiger partial charge is 0.391 e. The van der Waals surface area contributed by atoms with Crippen molar-refractivity contribution < 1.29 is 43.6 Å². The minimum absolute atomic E-state index is 0.103. The molecular weight excluding hydrogens is 739 g/mol. The number of aliphatic hydroxyl groups excluding tert-OH is 1. The molecule has 55 heavy (non-hydrogen) atoms. The van der Waals surface area contributed by atoms with E-state index in [0.29, 0.717) is 17.7 Å². The van der Waals surface area contributed by atoms with Crippen LogP contribution in [0.25, 0.3) is 0 Å². The molecule has 1 aliphatic rings. The Morgan fingerprint density at radius 3 is 2.13 bits per heavy atom. The van der Waals surface area contributed by atoms with Gasteiger partial charge in [-0.1, -0.05) is 39.3 Å². The maximum atomic E-state index is 13.5. The third kappa shape index (κ3) is 15.4. The van der Waals surface area contributed by atoms with Gasteiger partial charge in [-0.15, -0.1) is 0 Å². The van der Waals surface area contributed by atoms with Crippen LogP contribution in [-0.4, -0.2) is 112 Å². The fourth-order valence-corrected chi connectivity index (χ4v) is 6.61. The molecule has 2 unspecified atom stereocenters. The second-order valence-corrected chi connectivity index (χ2v) is 14.8. The molecule has 1 fully saturated rings. The summed E-state index contributed by atoms with van der Waals surface area (Å²) in [4.78, 5) is 102. The third-order valence-corrected chi connectivity index (χ3v) is 9.96. The summed E-state index contributed by atoms with van der Waals surface area (Å²) in [6.07, 6.45) is 1.17. The molecule has 0 saturated carbocycles. The average Bonchev–Trinajstić information content (AvgIpc) is 3.13. The van der Waals surface area contributed by atoms with Crippen molar-refractivity contribution in [1.82, 2.24) is 31.9 Å². The highest BCUT2D eigenvalue weighted by atomic mass is 32.2. The van der Waals surface area contributed by atoms with Crippen molar-refractivity contribution in [2.24, 2.45) is 17.4 Å². The lowest BCUT2D eigenvalue weighted by Gasteiger charge is -2.29. The maximum Gasteiger partial charge on any atom is 0.269 e. The monoisotopic (exact) mass is 793 g/mol. The number of rotatable bonds is 17. The van der Waals surface area contributed by atoms with Crippen LogP contribution in [0.4, 0.5) is 5.69 Å². The highest BCUT2D eigenvalue weighted by molar-refractivity contribution is 7.99. The smallest absolute Gasteiger partial charge is 0.269 e. The molecule has 1 aromatic carbocycles. The Kier molecular flexibility index (Phi) is 19.5. The number of carbonyl (C=O) groups excluding carboxylic acids is 7. The van der Waals surface area contributed by atoms with Crippen LogP contribution in [-0.2, 0) is 40.0 Å². The Bertz CT molecular complexity index is 1510. The van der Waals surface area contributed by atoms with E-state index >= 15 is 0 Å². The Labute approximate surface area is 324 Å². The van der Waals surface area contributed by atoms with Gasteiger partial charge in [-0.05, 0) is 56.4 Å². The number of primary amides is 1. The van der Waals surface area contributed by atoms with E-state index in [0.717, 1.165) is 12.8 Å². The number of hydrogen-bond donors (Lipinski definition) is 9. The molecular formula is C35H55N9O10S. The first kappa shape index (κ1) is 46.3. The summed E-state index contributed by atoms with van der Waals surface area (Å²) in [6, 6.07) is -2.05. The highest BCUT2D eigenvalue weighted by Gasteiger charge is 2.35. The zero-order valence-electron chi connectivity index (χ0n) is 31.6. The van der Waals surface area contributed by atoms with Gasteiger partial charge < -0.3 is 48.5 Å². The molecule has 0 aliphatic carbocycles. The number of thioether (sulfide) groups is 1. The number of hydrogen-bond acceptors (Lipinski definition) is 12. The van der Waals surface area contributed by atoms with E-state index < -0.39 is 88.6 Å². The van der Waals surface area contributed by atoms with Gasteiger partial charge in [-0.2, -0.15) is 11.8 Å². The minimum Gasteiger partial charge on any atom is -0.391 e. The number of nitro groups is 1. The summed E-state index contributed by atoms with van der Waals surface area (Å²) in [5.74, 6) is -4.65. The van der Waals surface area contributed by atoms with Gasteiger partial charge in [0.15, 0.2) is 0 Å². The number of aliphatic hydroxyl groups is 1. The zero-order valence-corrected chi connectivity index (χ0v) is 32.4. The van der Waals surface area contributed by atoms with Gasteiger partial charge in [-0.25, -0.2) is 0 Å². The molecule has 0 bridgehead atoms. The molecule has 0 radical (unpaired) electrons. The number of non-ortho nitro benzene ring substituents is 1. The number of nitrogens with two attached hydrogens (primary N) is 2. The van der Waals surface area contributed by atoms with E-state index in [1.807, 2.05) is 0 Å². The van der Waals surface area contributed by atoms with Crippen LogP contribution < -0.4 is 43.4 Å². The van der Waals surface area contributed by atoms with Crippen LogP contribution in [0.5, 0.6) is 0 Å². The van der Waals surface area contributed by atoms with Crippen molar-refractivity contribution in [3.8, 4) is 0 Å². The molecule has 1 heterocycles. The van der Waals surface area contributed by atoms with Gasteiger partial charge in [0.1, 0.15) is 36.3 Å². The molecule has 0 aromatic heterocycles. The Balaban J connectivity index is 2.16. The van der Waals surface area contributed by atoms with Gasteiger partial charge in [-0.3, -0.25) is 43.7 Å². The lowest BCUT2D eigenvalue weighted by atomic mass is 10.0. The maximum absolute atomic E-state index is 13.5. The number of benzene rings is 1. The van der Waals surface area contributed by atoms with Gasteiger partial charge in [0.25, 0.3) is 5.69 Å². The van der Waals surface area contributed by atoms with Crippen LogP contribution in [0.3, 0.4) is 0 Å². The van der Waals surface area contributed by atoms with E-state index in [1.165, 1.54) is 43.0 Å². The van der Waals surface area contributed by atoms with Gasteiger partial charge in [0.05, 0.1) is 11.0 Å². The lowest BCUT2D eigenvalue weighted by Crippen LogP contribution is -2.62. The van der Waals surface area contributed by atoms with E-state index in [1.54, 1.807) is 20.8 Å². The first-order valence-electron chi connectivity index (χ1n) is 18.3. The second-order valence-electron chi connectivity index (χ2n) is 13.7. The predicted molar refractivity (Wildman–Crippen MR) is 204 cm³/mol. The normalized spacial score (nSPS) is 19.6. The van der Waals surface area contributed by atoms with Crippen LogP contribution in [0.15, 0.2) is 24.3 Å².